The molecule has 0 aliphatic carbocycles. The molecule has 0 fully saturated rings. The van der Waals surface area contributed by atoms with Crippen molar-refractivity contribution in [3.05, 3.63) is 0 Å². The topological polar surface area (TPSA) is 55.8 Å². The van der Waals surface area contributed by atoms with Gasteiger partial charge in [0.05, 0.1) is 19.3 Å². The first-order valence-corrected chi connectivity index (χ1v) is 5.05. The fourth-order valence-electron chi connectivity index (χ4n) is 1.30. The molecule has 0 aliphatic heterocycles. The van der Waals surface area contributed by atoms with E-state index in [4.69, 9.17) is 4.74 Å². The lowest BCUT2D eigenvalue weighted by Crippen LogP contribution is -2.45. The van der Waals surface area contributed by atoms with Gasteiger partial charge in [-0.3, -0.25) is 4.79 Å². The molecule has 0 N–H and O–H groups in total. The van der Waals surface area contributed by atoms with Crippen molar-refractivity contribution in [1.82, 2.24) is 4.90 Å². The second-order valence-corrected chi connectivity index (χ2v) is 3.12. The second kappa shape index (κ2) is 7.23. The van der Waals surface area contributed by atoms with Crippen LogP contribution in [0.5, 0.6) is 0 Å². The summed E-state index contributed by atoms with van der Waals surface area (Å²) in [5.74, 6) is -1.41. The van der Waals surface area contributed by atoms with Gasteiger partial charge in [-0.25, -0.2) is 4.79 Å². The highest BCUT2D eigenvalue weighted by Gasteiger charge is 2.25. The van der Waals surface area contributed by atoms with Crippen LogP contribution in [0.1, 0.15) is 20.8 Å². The molecule has 0 saturated heterocycles. The van der Waals surface area contributed by atoms with Gasteiger partial charge in [-0.05, 0) is 20.8 Å². The quantitative estimate of drug-likeness (QED) is 0.495. The lowest BCUT2D eigenvalue weighted by Gasteiger charge is -2.26. The van der Waals surface area contributed by atoms with E-state index in [9.17, 15) is 9.59 Å². The molecule has 5 heteroatoms. The number of methoxy groups -OCH3 is 1. The molecule has 5 nitrogen and oxygen atoms in total. The molecule has 0 rings (SSSR count). The first-order valence-electron chi connectivity index (χ1n) is 5.05. The van der Waals surface area contributed by atoms with E-state index in [0.717, 1.165) is 0 Å². The van der Waals surface area contributed by atoms with Gasteiger partial charge in [0, 0.05) is 13.7 Å². The normalized spacial score (nSPS) is 12.0. The minimum atomic E-state index is -0.803. The van der Waals surface area contributed by atoms with Crippen LogP contribution in [-0.4, -0.2) is 49.7 Å². The largest absolute Gasteiger partial charge is 0.459 e. The Bertz CT molecular complexity index is 217. The molecule has 88 valence electrons. The maximum absolute atomic E-state index is 11.6. The highest BCUT2D eigenvalue weighted by molar-refractivity contribution is 6.32. The third-order valence-corrected chi connectivity index (χ3v) is 1.99. The van der Waals surface area contributed by atoms with Crippen molar-refractivity contribution in [2.24, 2.45) is 0 Å². The molecule has 0 aromatic heterocycles. The number of likely N-dealkylation sites (N-methyl/N-ethyl adjacent to an activating group) is 1. The zero-order valence-corrected chi connectivity index (χ0v) is 9.78. The number of amides is 1. The summed E-state index contributed by atoms with van der Waals surface area (Å²) in [7, 11) is 1.55. The lowest BCUT2D eigenvalue weighted by molar-refractivity contribution is -0.161. The van der Waals surface area contributed by atoms with Gasteiger partial charge < -0.3 is 14.4 Å². The predicted octanol–water partition coefficient (Wildman–Crippen LogP) is 0.433. The smallest absolute Gasteiger partial charge is 0.397 e. The Hall–Kier alpha value is -1.10. The monoisotopic (exact) mass is 217 g/mol. The van der Waals surface area contributed by atoms with Gasteiger partial charge in [-0.2, -0.15) is 0 Å². The van der Waals surface area contributed by atoms with Crippen LogP contribution in [0.2, 0.25) is 0 Å². The van der Waals surface area contributed by atoms with Crippen LogP contribution in [0.15, 0.2) is 0 Å². The molecule has 0 aromatic carbocycles. The maximum atomic E-state index is 11.6. The Morgan fingerprint density at radius 2 is 1.93 bits per heavy atom. The molecule has 0 saturated carbocycles. The minimum absolute atomic E-state index is 0.128. The van der Waals surface area contributed by atoms with Gasteiger partial charge in [-0.15, -0.1) is 0 Å². The van der Waals surface area contributed by atoms with E-state index < -0.39 is 11.9 Å². The summed E-state index contributed by atoms with van der Waals surface area (Å²) in [4.78, 5) is 24.2. The van der Waals surface area contributed by atoms with Gasteiger partial charge in [-0.1, -0.05) is 0 Å². The predicted molar refractivity (Wildman–Crippen MR) is 55.4 cm³/mol. The number of hydrogen-bond donors (Lipinski definition) is 0. The van der Waals surface area contributed by atoms with Gasteiger partial charge >= 0.3 is 11.9 Å². The molecule has 1 atom stereocenters. The molecule has 15 heavy (non-hydrogen) atoms. The van der Waals surface area contributed by atoms with E-state index in [0.29, 0.717) is 13.2 Å². The number of rotatable bonds is 5. The molecule has 0 bridgehead atoms. The first-order chi connectivity index (χ1) is 7.08. The molecule has 1 unspecified atom stereocenters. The average Bonchev–Trinajstić information content (AvgIpc) is 2.19. The van der Waals surface area contributed by atoms with Crippen molar-refractivity contribution in [3.8, 4) is 0 Å². The molecule has 0 aromatic rings. The molecule has 1 amide bonds. The fourth-order valence-corrected chi connectivity index (χ4v) is 1.30. The van der Waals surface area contributed by atoms with Gasteiger partial charge in [0.1, 0.15) is 0 Å². The van der Waals surface area contributed by atoms with E-state index in [1.54, 1.807) is 14.0 Å². The zero-order chi connectivity index (χ0) is 11.8. The van der Waals surface area contributed by atoms with Crippen LogP contribution in [0.4, 0.5) is 0 Å². The van der Waals surface area contributed by atoms with E-state index in [-0.39, 0.29) is 12.6 Å². The van der Waals surface area contributed by atoms with Crippen LogP contribution in [-0.2, 0) is 19.1 Å². The summed E-state index contributed by atoms with van der Waals surface area (Å²) < 4.78 is 9.57. The number of nitrogens with zero attached hydrogens (tertiary/aromatic N) is 1. The number of hydrogen-bond acceptors (Lipinski definition) is 4. The standard InChI is InChI=1S/C10H19NO4/c1-5-11(8(3)7-14-4)9(12)10(13)15-6-2/h8H,5-7H2,1-4H3. The van der Waals surface area contributed by atoms with Crippen molar-refractivity contribution >= 4 is 11.9 Å². The number of ether oxygens (including phenoxy) is 2. The van der Waals surface area contributed by atoms with Crippen LogP contribution in [0.25, 0.3) is 0 Å². The van der Waals surface area contributed by atoms with Crippen molar-refractivity contribution in [2.45, 2.75) is 26.8 Å². The Morgan fingerprint density at radius 1 is 1.33 bits per heavy atom. The minimum Gasteiger partial charge on any atom is -0.459 e. The number of carbonyl (C=O) groups excluding carboxylic acids is 2. The van der Waals surface area contributed by atoms with E-state index in [2.05, 4.69) is 4.74 Å². The Labute approximate surface area is 90.3 Å². The molecule has 0 heterocycles. The SMILES string of the molecule is CCOC(=O)C(=O)N(CC)C(C)COC. The van der Waals surface area contributed by atoms with Gasteiger partial charge in [0.2, 0.25) is 0 Å². The second-order valence-electron chi connectivity index (χ2n) is 3.12. The van der Waals surface area contributed by atoms with Crippen LogP contribution < -0.4 is 0 Å². The van der Waals surface area contributed by atoms with E-state index in [1.165, 1.54) is 4.90 Å². The molecular formula is C10H19NO4. The van der Waals surface area contributed by atoms with Crippen LogP contribution in [0, 0.1) is 0 Å². The van der Waals surface area contributed by atoms with Gasteiger partial charge in [0.25, 0.3) is 0 Å². The Kier molecular flexibility index (Phi) is 6.70. The first kappa shape index (κ1) is 13.9. The van der Waals surface area contributed by atoms with Crippen LogP contribution in [0.3, 0.4) is 0 Å². The summed E-state index contributed by atoms with van der Waals surface area (Å²) in [6.07, 6.45) is 0. The highest BCUT2D eigenvalue weighted by Crippen LogP contribution is 2.01. The number of esters is 1. The van der Waals surface area contributed by atoms with Crippen molar-refractivity contribution in [3.63, 3.8) is 0 Å². The van der Waals surface area contributed by atoms with E-state index >= 15 is 0 Å². The van der Waals surface area contributed by atoms with Gasteiger partial charge in [0.15, 0.2) is 0 Å². The van der Waals surface area contributed by atoms with Crippen molar-refractivity contribution in [2.75, 3.05) is 26.9 Å². The molecule has 0 aliphatic rings. The highest BCUT2D eigenvalue weighted by atomic mass is 16.5. The lowest BCUT2D eigenvalue weighted by atomic mass is 10.3. The zero-order valence-electron chi connectivity index (χ0n) is 9.78. The molecule has 0 spiro atoms. The third-order valence-electron chi connectivity index (χ3n) is 1.99. The van der Waals surface area contributed by atoms with Crippen LogP contribution >= 0.6 is 0 Å². The molecular weight excluding hydrogens is 198 g/mol. The summed E-state index contributed by atoms with van der Waals surface area (Å²) in [6, 6.07) is -0.128. The Balaban J connectivity index is 4.39. The average molecular weight is 217 g/mol. The fraction of sp³-hybridized carbons (Fsp3) is 0.800. The summed E-state index contributed by atoms with van der Waals surface area (Å²) in [5.41, 5.74) is 0. The number of carbonyl (C=O) groups is 2. The third kappa shape index (κ3) is 4.29. The summed E-state index contributed by atoms with van der Waals surface area (Å²) in [5, 5.41) is 0. The van der Waals surface area contributed by atoms with E-state index in [1.807, 2.05) is 13.8 Å². The summed E-state index contributed by atoms with van der Waals surface area (Å²) >= 11 is 0. The Morgan fingerprint density at radius 3 is 2.33 bits per heavy atom. The summed E-state index contributed by atoms with van der Waals surface area (Å²) in [6.45, 7) is 6.37. The maximum Gasteiger partial charge on any atom is 0.397 e. The van der Waals surface area contributed by atoms with Crippen molar-refractivity contribution in [1.29, 1.82) is 0 Å². The molecule has 0 radical (unpaired) electrons. The van der Waals surface area contributed by atoms with Crippen molar-refractivity contribution < 1.29 is 19.1 Å².